The molecule has 20 heavy (non-hydrogen) atoms. The molecule has 0 amide bonds. The Bertz CT molecular complexity index is 388. The topological polar surface area (TPSA) is 125 Å². The van der Waals surface area contributed by atoms with Crippen LogP contribution in [0.2, 0.25) is 0 Å². The van der Waals surface area contributed by atoms with Crippen LogP contribution in [0.25, 0.3) is 0 Å². The fraction of sp³-hybridized carbons (Fsp3) is 0.538. The van der Waals surface area contributed by atoms with Crippen LogP contribution in [0.1, 0.15) is 16.7 Å². The summed E-state index contributed by atoms with van der Waals surface area (Å²) in [5.41, 5.74) is 2.24. The van der Waals surface area contributed by atoms with Gasteiger partial charge in [-0.3, -0.25) is 0 Å². The van der Waals surface area contributed by atoms with E-state index in [9.17, 15) is 5.11 Å². The van der Waals surface area contributed by atoms with E-state index in [1.165, 1.54) is 0 Å². The normalized spacial score (nSPS) is 11.6. The SMILES string of the molecule is Cc1cc(CNCC(O)O)c(O)c(CNCC(O)O)c1. The zero-order valence-corrected chi connectivity index (χ0v) is 11.4. The molecule has 0 bridgehead atoms. The van der Waals surface area contributed by atoms with E-state index in [0.717, 1.165) is 5.56 Å². The van der Waals surface area contributed by atoms with Gasteiger partial charge < -0.3 is 36.2 Å². The van der Waals surface area contributed by atoms with Gasteiger partial charge in [-0.2, -0.15) is 0 Å². The van der Waals surface area contributed by atoms with Crippen LogP contribution in [0, 0.1) is 6.92 Å². The van der Waals surface area contributed by atoms with Crippen LogP contribution in [-0.4, -0.2) is 51.2 Å². The highest BCUT2D eigenvalue weighted by Gasteiger charge is 2.09. The number of phenols is 1. The smallest absolute Gasteiger partial charge is 0.164 e. The molecule has 1 aromatic rings. The molecule has 7 N–H and O–H groups in total. The molecule has 1 rings (SSSR count). The van der Waals surface area contributed by atoms with Crippen molar-refractivity contribution in [1.29, 1.82) is 0 Å². The highest BCUT2D eigenvalue weighted by molar-refractivity contribution is 5.43. The predicted octanol–water partition coefficient (Wildman–Crippen LogP) is -1.50. The van der Waals surface area contributed by atoms with E-state index < -0.39 is 12.6 Å². The summed E-state index contributed by atoms with van der Waals surface area (Å²) in [6.45, 7) is 2.52. The van der Waals surface area contributed by atoms with Gasteiger partial charge in [-0.15, -0.1) is 0 Å². The summed E-state index contributed by atoms with van der Waals surface area (Å²) in [7, 11) is 0. The van der Waals surface area contributed by atoms with Gasteiger partial charge in [-0.05, 0) is 6.92 Å². The van der Waals surface area contributed by atoms with Gasteiger partial charge >= 0.3 is 0 Å². The Morgan fingerprint density at radius 2 is 1.30 bits per heavy atom. The number of phenolic OH excluding ortho intramolecular Hbond substituents is 1. The third kappa shape index (κ3) is 5.83. The summed E-state index contributed by atoms with van der Waals surface area (Å²) in [4.78, 5) is 0. The molecule has 114 valence electrons. The number of hydrogen-bond acceptors (Lipinski definition) is 7. The van der Waals surface area contributed by atoms with Crippen LogP contribution >= 0.6 is 0 Å². The number of benzene rings is 1. The van der Waals surface area contributed by atoms with Crippen molar-refractivity contribution in [3.8, 4) is 5.75 Å². The molecule has 0 unspecified atom stereocenters. The number of nitrogens with one attached hydrogen (secondary N) is 2. The van der Waals surface area contributed by atoms with Crippen molar-refractivity contribution in [2.45, 2.75) is 32.6 Å². The lowest BCUT2D eigenvalue weighted by Crippen LogP contribution is -2.27. The van der Waals surface area contributed by atoms with E-state index in [0.29, 0.717) is 24.2 Å². The molecule has 0 atom stereocenters. The Morgan fingerprint density at radius 3 is 1.65 bits per heavy atom. The van der Waals surface area contributed by atoms with Gasteiger partial charge in [0.15, 0.2) is 12.6 Å². The van der Waals surface area contributed by atoms with Gasteiger partial charge in [0.1, 0.15) is 5.75 Å². The first-order valence-corrected chi connectivity index (χ1v) is 6.35. The molecule has 0 aromatic heterocycles. The van der Waals surface area contributed by atoms with Crippen LogP contribution < -0.4 is 10.6 Å². The third-order valence-corrected chi connectivity index (χ3v) is 2.70. The van der Waals surface area contributed by atoms with E-state index >= 15 is 0 Å². The lowest BCUT2D eigenvalue weighted by atomic mass is 10.0. The summed E-state index contributed by atoms with van der Waals surface area (Å²) in [5, 5.41) is 50.7. The van der Waals surface area contributed by atoms with E-state index in [-0.39, 0.29) is 18.8 Å². The Hall–Kier alpha value is -1.22. The molecule has 0 aliphatic heterocycles. The van der Waals surface area contributed by atoms with Gasteiger partial charge in [0.05, 0.1) is 0 Å². The molecule has 0 spiro atoms. The molecule has 7 nitrogen and oxygen atoms in total. The summed E-state index contributed by atoms with van der Waals surface area (Å²) >= 11 is 0. The monoisotopic (exact) mass is 286 g/mol. The molecule has 0 fully saturated rings. The zero-order chi connectivity index (χ0) is 15.1. The van der Waals surface area contributed by atoms with E-state index in [2.05, 4.69) is 10.6 Å². The molecule has 0 saturated heterocycles. The first-order valence-electron chi connectivity index (χ1n) is 6.35. The number of aryl methyl sites for hydroxylation is 1. The van der Waals surface area contributed by atoms with Crippen molar-refractivity contribution in [2.24, 2.45) is 0 Å². The first kappa shape index (κ1) is 16.8. The van der Waals surface area contributed by atoms with Gasteiger partial charge in [-0.25, -0.2) is 0 Å². The maximum atomic E-state index is 10.1. The lowest BCUT2D eigenvalue weighted by molar-refractivity contribution is -0.0379. The fourth-order valence-electron chi connectivity index (χ4n) is 1.88. The maximum absolute atomic E-state index is 10.1. The van der Waals surface area contributed by atoms with Crippen LogP contribution in [-0.2, 0) is 13.1 Å². The number of aliphatic hydroxyl groups excluding tert-OH is 2. The molecule has 0 aliphatic rings. The largest absolute Gasteiger partial charge is 0.507 e. The minimum Gasteiger partial charge on any atom is -0.507 e. The summed E-state index contributed by atoms with van der Waals surface area (Å²) in [5.74, 6) is 0.107. The van der Waals surface area contributed by atoms with Crippen LogP contribution in [0.15, 0.2) is 12.1 Å². The lowest BCUT2D eigenvalue weighted by Gasteiger charge is -2.14. The average molecular weight is 286 g/mol. The maximum Gasteiger partial charge on any atom is 0.164 e. The highest BCUT2D eigenvalue weighted by atomic mass is 16.5. The average Bonchev–Trinajstić information content (AvgIpc) is 2.33. The van der Waals surface area contributed by atoms with Gasteiger partial charge in [0.2, 0.25) is 0 Å². The van der Waals surface area contributed by atoms with E-state index in [1.54, 1.807) is 12.1 Å². The van der Waals surface area contributed by atoms with Crippen LogP contribution in [0.3, 0.4) is 0 Å². The quantitative estimate of drug-likeness (QED) is 0.290. The van der Waals surface area contributed by atoms with Gasteiger partial charge in [0.25, 0.3) is 0 Å². The second-order valence-electron chi connectivity index (χ2n) is 4.65. The first-order chi connectivity index (χ1) is 9.40. The zero-order valence-electron chi connectivity index (χ0n) is 11.4. The molecular formula is C13H22N2O5. The predicted molar refractivity (Wildman–Crippen MR) is 72.7 cm³/mol. The molecule has 1 aromatic carbocycles. The Balaban J connectivity index is 2.68. The summed E-state index contributed by atoms with van der Waals surface area (Å²) in [6.07, 6.45) is -2.87. The van der Waals surface area contributed by atoms with Crippen molar-refractivity contribution < 1.29 is 25.5 Å². The third-order valence-electron chi connectivity index (χ3n) is 2.70. The van der Waals surface area contributed by atoms with Crippen molar-refractivity contribution in [1.82, 2.24) is 10.6 Å². The molecular weight excluding hydrogens is 264 g/mol. The summed E-state index contributed by atoms with van der Waals surface area (Å²) in [6, 6.07) is 3.60. The number of rotatable bonds is 8. The van der Waals surface area contributed by atoms with Crippen LogP contribution in [0.4, 0.5) is 0 Å². The van der Waals surface area contributed by atoms with Crippen molar-refractivity contribution >= 4 is 0 Å². The van der Waals surface area contributed by atoms with E-state index in [1.807, 2.05) is 6.92 Å². The second kappa shape index (κ2) is 8.15. The molecule has 0 radical (unpaired) electrons. The van der Waals surface area contributed by atoms with Crippen molar-refractivity contribution in [2.75, 3.05) is 13.1 Å². The Kier molecular flexibility index (Phi) is 6.86. The standard InChI is InChI=1S/C13H22N2O5/c1-8-2-9(4-14-6-11(16)17)13(20)10(3-8)5-15-7-12(18)19/h2-3,11-12,14-20H,4-7H2,1H3. The Labute approximate surface area is 117 Å². The van der Waals surface area contributed by atoms with Crippen LogP contribution in [0.5, 0.6) is 5.75 Å². The molecule has 7 heteroatoms. The Morgan fingerprint density at radius 1 is 0.900 bits per heavy atom. The second-order valence-corrected chi connectivity index (χ2v) is 4.65. The molecule has 0 heterocycles. The number of aromatic hydroxyl groups is 1. The van der Waals surface area contributed by atoms with Gasteiger partial charge in [0, 0.05) is 37.3 Å². The number of aliphatic hydroxyl groups is 4. The number of hydrogen-bond donors (Lipinski definition) is 7. The van der Waals surface area contributed by atoms with Crippen molar-refractivity contribution in [3.63, 3.8) is 0 Å². The highest BCUT2D eigenvalue weighted by Crippen LogP contribution is 2.24. The minimum absolute atomic E-state index is 0.0116. The molecule has 0 aliphatic carbocycles. The molecule has 0 saturated carbocycles. The minimum atomic E-state index is -1.44. The van der Waals surface area contributed by atoms with E-state index in [4.69, 9.17) is 20.4 Å². The fourth-order valence-corrected chi connectivity index (χ4v) is 1.88. The summed E-state index contributed by atoms with van der Waals surface area (Å²) < 4.78 is 0. The van der Waals surface area contributed by atoms with Crippen molar-refractivity contribution in [3.05, 3.63) is 28.8 Å². The van der Waals surface area contributed by atoms with Gasteiger partial charge in [-0.1, -0.05) is 17.7 Å².